The zero-order valence-corrected chi connectivity index (χ0v) is 13.6. The third-order valence-corrected chi connectivity index (χ3v) is 4.00. The van der Waals surface area contributed by atoms with Gasteiger partial charge in [0.05, 0.1) is 0 Å². The lowest BCUT2D eigenvalue weighted by atomic mass is 10.0. The first-order valence-electron chi connectivity index (χ1n) is 7.51. The van der Waals surface area contributed by atoms with Crippen LogP contribution >= 0.6 is 0 Å². The van der Waals surface area contributed by atoms with E-state index in [1.54, 1.807) is 13.2 Å². The second kappa shape index (κ2) is 6.75. The molecule has 0 saturated carbocycles. The van der Waals surface area contributed by atoms with E-state index in [1.807, 2.05) is 0 Å². The fourth-order valence-electron chi connectivity index (χ4n) is 2.43. The number of nitrogens with one attached hydrogen (secondary N) is 1. The van der Waals surface area contributed by atoms with Crippen LogP contribution in [0.3, 0.4) is 0 Å². The maximum atomic E-state index is 12.1. The predicted molar refractivity (Wildman–Crippen MR) is 88.0 cm³/mol. The highest BCUT2D eigenvalue weighted by Crippen LogP contribution is 2.14. The molecule has 0 aliphatic rings. The van der Waals surface area contributed by atoms with Crippen LogP contribution in [-0.2, 0) is 27.1 Å². The summed E-state index contributed by atoms with van der Waals surface area (Å²) in [4.78, 5) is 23.8. The molecule has 0 fully saturated rings. The van der Waals surface area contributed by atoms with Gasteiger partial charge in [-0.25, -0.2) is 4.79 Å². The van der Waals surface area contributed by atoms with Crippen molar-refractivity contribution in [2.75, 3.05) is 0 Å². The van der Waals surface area contributed by atoms with Crippen LogP contribution in [0, 0.1) is 0 Å². The lowest BCUT2D eigenvalue weighted by molar-refractivity contribution is 0.558. The fourth-order valence-corrected chi connectivity index (χ4v) is 2.43. The van der Waals surface area contributed by atoms with E-state index in [2.05, 4.69) is 43.4 Å². The zero-order chi connectivity index (χ0) is 16.3. The Morgan fingerprint density at radius 1 is 1.14 bits per heavy atom. The van der Waals surface area contributed by atoms with E-state index in [4.69, 9.17) is 0 Å². The summed E-state index contributed by atoms with van der Waals surface area (Å²) in [5, 5.41) is 3.34. The van der Waals surface area contributed by atoms with E-state index < -0.39 is 0 Å². The van der Waals surface area contributed by atoms with E-state index in [1.165, 1.54) is 22.7 Å². The van der Waals surface area contributed by atoms with Gasteiger partial charge in [-0.05, 0) is 24.5 Å². The maximum Gasteiger partial charge on any atom is 0.330 e. The average molecular weight is 301 g/mol. The first kappa shape index (κ1) is 16.2. The highest BCUT2D eigenvalue weighted by Gasteiger charge is 2.09. The van der Waals surface area contributed by atoms with E-state index in [-0.39, 0.29) is 17.3 Å². The fraction of sp³-hybridized carbons (Fsp3) is 0.412. The van der Waals surface area contributed by atoms with Crippen LogP contribution < -0.4 is 16.6 Å². The first-order valence-corrected chi connectivity index (χ1v) is 7.51. The molecular weight excluding hydrogens is 278 g/mol. The van der Waals surface area contributed by atoms with Crippen molar-refractivity contribution in [1.82, 2.24) is 14.5 Å². The third kappa shape index (κ3) is 3.36. The van der Waals surface area contributed by atoms with E-state index in [0.717, 1.165) is 11.0 Å². The van der Waals surface area contributed by atoms with Gasteiger partial charge in [-0.3, -0.25) is 9.36 Å². The molecular formula is C17H23N3O2. The topological polar surface area (TPSA) is 56.0 Å². The second-order valence-electron chi connectivity index (χ2n) is 5.61. The van der Waals surface area contributed by atoms with Crippen LogP contribution in [0.25, 0.3) is 0 Å². The van der Waals surface area contributed by atoms with Gasteiger partial charge in [-0.2, -0.15) is 0 Å². The molecule has 5 heteroatoms. The summed E-state index contributed by atoms with van der Waals surface area (Å²) < 4.78 is 2.57. The molecule has 0 spiro atoms. The Labute approximate surface area is 130 Å². The molecule has 1 aromatic heterocycles. The highest BCUT2D eigenvalue weighted by atomic mass is 16.2. The Morgan fingerprint density at radius 2 is 1.77 bits per heavy atom. The SMILES string of the molecule is CCc1ccc(C(C)NCc2cn(C)c(=O)n(C)c2=O)cc1. The Balaban J connectivity index is 2.12. The van der Waals surface area contributed by atoms with Crippen LogP contribution in [0.1, 0.15) is 36.6 Å². The summed E-state index contributed by atoms with van der Waals surface area (Å²) in [5.74, 6) is 0. The van der Waals surface area contributed by atoms with Crippen LogP contribution in [0.5, 0.6) is 0 Å². The van der Waals surface area contributed by atoms with Gasteiger partial charge in [-0.1, -0.05) is 31.2 Å². The summed E-state index contributed by atoms with van der Waals surface area (Å²) in [6.45, 7) is 4.62. The van der Waals surface area contributed by atoms with Gasteiger partial charge in [0.2, 0.25) is 0 Å². The predicted octanol–water partition coefficient (Wildman–Crippen LogP) is 1.50. The monoisotopic (exact) mass is 301 g/mol. The number of aryl methyl sites for hydroxylation is 2. The first-order chi connectivity index (χ1) is 10.4. The summed E-state index contributed by atoms with van der Waals surface area (Å²) in [7, 11) is 3.15. The summed E-state index contributed by atoms with van der Waals surface area (Å²) in [6.07, 6.45) is 2.63. The molecule has 1 unspecified atom stereocenters. The molecule has 1 atom stereocenters. The summed E-state index contributed by atoms with van der Waals surface area (Å²) in [5.41, 5.74) is 2.52. The molecule has 118 valence electrons. The number of hydrogen-bond donors (Lipinski definition) is 1. The van der Waals surface area contributed by atoms with Crippen molar-refractivity contribution in [1.29, 1.82) is 0 Å². The molecule has 2 rings (SSSR count). The Hall–Kier alpha value is -2.14. The lowest BCUT2D eigenvalue weighted by Gasteiger charge is -2.15. The van der Waals surface area contributed by atoms with Gasteiger partial charge in [-0.15, -0.1) is 0 Å². The van der Waals surface area contributed by atoms with Crippen LogP contribution in [0.4, 0.5) is 0 Å². The van der Waals surface area contributed by atoms with E-state index in [9.17, 15) is 9.59 Å². The molecule has 5 nitrogen and oxygen atoms in total. The maximum absolute atomic E-state index is 12.1. The summed E-state index contributed by atoms with van der Waals surface area (Å²) in [6, 6.07) is 8.59. The minimum absolute atomic E-state index is 0.132. The van der Waals surface area contributed by atoms with Crippen molar-refractivity contribution in [3.63, 3.8) is 0 Å². The molecule has 0 saturated heterocycles. The minimum atomic E-state index is -0.308. The summed E-state index contributed by atoms with van der Waals surface area (Å²) >= 11 is 0. The molecule has 2 aromatic rings. The molecule has 1 aromatic carbocycles. The third-order valence-electron chi connectivity index (χ3n) is 4.00. The lowest BCUT2D eigenvalue weighted by Crippen LogP contribution is -2.39. The number of nitrogens with zero attached hydrogens (tertiary/aromatic N) is 2. The normalized spacial score (nSPS) is 12.4. The van der Waals surface area contributed by atoms with Gasteiger partial charge < -0.3 is 9.88 Å². The van der Waals surface area contributed by atoms with Crippen LogP contribution in [0.15, 0.2) is 40.1 Å². The Bertz CT molecular complexity index is 757. The van der Waals surface area contributed by atoms with Gasteiger partial charge in [0.15, 0.2) is 0 Å². The van der Waals surface area contributed by atoms with Crippen molar-refractivity contribution in [3.05, 3.63) is 68.0 Å². The van der Waals surface area contributed by atoms with Crippen molar-refractivity contribution in [2.45, 2.75) is 32.9 Å². The Morgan fingerprint density at radius 3 is 2.36 bits per heavy atom. The van der Waals surface area contributed by atoms with Gasteiger partial charge >= 0.3 is 5.69 Å². The number of benzene rings is 1. The van der Waals surface area contributed by atoms with Crippen molar-refractivity contribution < 1.29 is 0 Å². The molecule has 0 aliphatic heterocycles. The average Bonchev–Trinajstić information content (AvgIpc) is 2.54. The zero-order valence-electron chi connectivity index (χ0n) is 13.6. The smallest absolute Gasteiger partial charge is 0.306 e. The van der Waals surface area contributed by atoms with Crippen LogP contribution in [0.2, 0.25) is 0 Å². The molecule has 22 heavy (non-hydrogen) atoms. The molecule has 0 radical (unpaired) electrons. The molecule has 0 amide bonds. The molecule has 0 aliphatic carbocycles. The van der Waals surface area contributed by atoms with Crippen molar-refractivity contribution >= 4 is 0 Å². The molecule has 0 bridgehead atoms. The number of aromatic nitrogens is 2. The quantitative estimate of drug-likeness (QED) is 0.910. The number of hydrogen-bond acceptors (Lipinski definition) is 3. The van der Waals surface area contributed by atoms with Gasteiger partial charge in [0.25, 0.3) is 5.56 Å². The number of rotatable bonds is 5. The van der Waals surface area contributed by atoms with E-state index in [0.29, 0.717) is 12.1 Å². The second-order valence-corrected chi connectivity index (χ2v) is 5.61. The minimum Gasteiger partial charge on any atom is -0.306 e. The van der Waals surface area contributed by atoms with Crippen molar-refractivity contribution in [2.24, 2.45) is 14.1 Å². The van der Waals surface area contributed by atoms with Crippen LogP contribution in [-0.4, -0.2) is 9.13 Å². The van der Waals surface area contributed by atoms with Gasteiger partial charge in [0, 0.05) is 38.4 Å². The standard InChI is InChI=1S/C17H23N3O2/c1-5-13-6-8-14(9-7-13)12(2)18-10-15-11-19(3)17(22)20(4)16(15)21/h6-9,11-12,18H,5,10H2,1-4H3. The molecule has 1 heterocycles. The van der Waals surface area contributed by atoms with Gasteiger partial charge in [0.1, 0.15) is 0 Å². The van der Waals surface area contributed by atoms with E-state index >= 15 is 0 Å². The molecule has 1 N–H and O–H groups in total. The highest BCUT2D eigenvalue weighted by molar-refractivity contribution is 5.24. The largest absolute Gasteiger partial charge is 0.330 e. The van der Waals surface area contributed by atoms with Crippen molar-refractivity contribution in [3.8, 4) is 0 Å². The Kier molecular flexibility index (Phi) is 4.98.